The van der Waals surface area contributed by atoms with E-state index in [9.17, 15) is 0 Å². The Hall–Kier alpha value is -2.73. The lowest BCUT2D eigenvalue weighted by Crippen LogP contribution is -2.18. The van der Waals surface area contributed by atoms with E-state index < -0.39 is 0 Å². The van der Waals surface area contributed by atoms with Gasteiger partial charge in [0.15, 0.2) is 17.3 Å². The van der Waals surface area contributed by atoms with E-state index >= 15 is 0 Å². The molecule has 1 aromatic carbocycles. The Labute approximate surface area is 146 Å². The minimum atomic E-state index is 0.288. The first-order valence-corrected chi connectivity index (χ1v) is 8.35. The summed E-state index contributed by atoms with van der Waals surface area (Å²) in [5.74, 6) is 3.26. The molecule has 1 aliphatic carbocycles. The molecule has 0 spiro atoms. The zero-order chi connectivity index (χ0) is 17.2. The van der Waals surface area contributed by atoms with Gasteiger partial charge in [0.25, 0.3) is 0 Å². The summed E-state index contributed by atoms with van der Waals surface area (Å²) in [6.45, 7) is 0.673. The van der Waals surface area contributed by atoms with Crippen LogP contribution >= 0.6 is 0 Å². The maximum atomic E-state index is 5.88. The van der Waals surface area contributed by atoms with Crippen molar-refractivity contribution >= 4 is 0 Å². The summed E-state index contributed by atoms with van der Waals surface area (Å²) in [7, 11) is 3.34. The number of hydrogen-bond donors (Lipinski definition) is 2. The molecule has 0 saturated carbocycles. The Bertz CT molecular complexity index is 855. The van der Waals surface area contributed by atoms with E-state index in [0.717, 1.165) is 41.6 Å². The molecule has 130 valence electrons. The summed E-state index contributed by atoms with van der Waals surface area (Å²) in [6.07, 6.45) is 3.80. The molecule has 2 N–H and O–H groups in total. The number of fused-ring (bicyclic) bond motifs is 1. The molecule has 1 unspecified atom stereocenters. The molecule has 0 aliphatic heterocycles. The number of aromatic nitrogens is 2. The SMILES string of the molecule is COc1cc2c(cc1OC)C(NCc1ccc(-c3ccn[nH]3)o1)CC2. The van der Waals surface area contributed by atoms with Crippen molar-refractivity contribution in [3.63, 3.8) is 0 Å². The van der Waals surface area contributed by atoms with Gasteiger partial charge >= 0.3 is 0 Å². The number of nitrogens with zero attached hydrogens (tertiary/aromatic N) is 1. The summed E-state index contributed by atoms with van der Waals surface area (Å²) in [5, 5.41) is 10.4. The molecule has 25 heavy (non-hydrogen) atoms. The third-order valence-electron chi connectivity index (χ3n) is 4.67. The number of methoxy groups -OCH3 is 2. The minimum absolute atomic E-state index is 0.288. The average Bonchev–Trinajstić information content (AvgIpc) is 3.38. The van der Waals surface area contributed by atoms with E-state index in [-0.39, 0.29) is 6.04 Å². The number of hydrogen-bond acceptors (Lipinski definition) is 5. The summed E-state index contributed by atoms with van der Waals surface area (Å²) in [5.41, 5.74) is 3.47. The summed E-state index contributed by atoms with van der Waals surface area (Å²) >= 11 is 0. The molecule has 1 atom stereocenters. The first kappa shape index (κ1) is 15.8. The monoisotopic (exact) mass is 339 g/mol. The number of furan rings is 1. The number of ether oxygens (including phenoxy) is 2. The highest BCUT2D eigenvalue weighted by atomic mass is 16.5. The van der Waals surface area contributed by atoms with Crippen molar-refractivity contribution in [1.29, 1.82) is 0 Å². The van der Waals surface area contributed by atoms with Crippen molar-refractivity contribution in [2.75, 3.05) is 14.2 Å². The predicted molar refractivity (Wildman–Crippen MR) is 93.7 cm³/mol. The molecule has 2 aromatic heterocycles. The van der Waals surface area contributed by atoms with Gasteiger partial charge in [-0.25, -0.2) is 0 Å². The van der Waals surface area contributed by atoms with E-state index in [1.165, 1.54) is 11.1 Å². The van der Waals surface area contributed by atoms with Gasteiger partial charge in [-0.1, -0.05) is 0 Å². The zero-order valence-corrected chi connectivity index (χ0v) is 14.3. The van der Waals surface area contributed by atoms with Crippen LogP contribution in [-0.4, -0.2) is 24.4 Å². The van der Waals surface area contributed by atoms with Crippen LogP contribution in [0, 0.1) is 0 Å². The van der Waals surface area contributed by atoms with E-state index in [1.807, 2.05) is 18.2 Å². The molecule has 0 saturated heterocycles. The highest BCUT2D eigenvalue weighted by molar-refractivity contribution is 5.51. The fraction of sp³-hybridized carbons (Fsp3) is 0.316. The van der Waals surface area contributed by atoms with Gasteiger partial charge in [-0.15, -0.1) is 0 Å². The number of H-pyrrole nitrogens is 1. The van der Waals surface area contributed by atoms with Gasteiger partial charge in [-0.05, 0) is 54.3 Å². The highest BCUT2D eigenvalue weighted by Gasteiger charge is 2.25. The molecule has 0 bridgehead atoms. The molecule has 0 amide bonds. The third kappa shape index (κ3) is 3.00. The Kier molecular flexibility index (Phi) is 4.19. The molecule has 4 rings (SSSR count). The van der Waals surface area contributed by atoms with Crippen LogP contribution in [0.4, 0.5) is 0 Å². The van der Waals surface area contributed by atoms with Crippen LogP contribution in [0.2, 0.25) is 0 Å². The lowest BCUT2D eigenvalue weighted by Gasteiger charge is -2.15. The van der Waals surface area contributed by atoms with Crippen LogP contribution in [0.1, 0.15) is 29.3 Å². The third-order valence-corrected chi connectivity index (χ3v) is 4.67. The lowest BCUT2D eigenvalue weighted by molar-refractivity contribution is 0.354. The van der Waals surface area contributed by atoms with Gasteiger partial charge in [-0.2, -0.15) is 5.10 Å². The standard InChI is InChI=1S/C19H21N3O3/c1-23-18-9-12-3-5-15(14(12)10-19(18)24-2)20-11-13-4-6-17(25-13)16-7-8-21-22-16/h4,6-10,15,20H,3,5,11H2,1-2H3,(H,21,22). The van der Waals surface area contributed by atoms with Crippen molar-refractivity contribution in [3.8, 4) is 23.0 Å². The fourth-order valence-corrected chi connectivity index (χ4v) is 3.38. The second-order valence-corrected chi connectivity index (χ2v) is 6.11. The first-order chi connectivity index (χ1) is 12.3. The topological polar surface area (TPSA) is 72.3 Å². The normalized spacial score (nSPS) is 16.0. The second kappa shape index (κ2) is 6.64. The molecule has 2 heterocycles. The van der Waals surface area contributed by atoms with Crippen LogP contribution in [0.3, 0.4) is 0 Å². The summed E-state index contributed by atoms with van der Waals surface area (Å²) in [6, 6.07) is 10.3. The lowest BCUT2D eigenvalue weighted by atomic mass is 10.1. The van der Waals surface area contributed by atoms with Gasteiger partial charge in [-0.3, -0.25) is 5.10 Å². The molecule has 0 radical (unpaired) electrons. The van der Waals surface area contributed by atoms with Crippen molar-refractivity contribution in [3.05, 3.63) is 53.4 Å². The predicted octanol–water partition coefficient (Wildman–Crippen LogP) is 3.46. The van der Waals surface area contributed by atoms with Crippen LogP contribution in [-0.2, 0) is 13.0 Å². The van der Waals surface area contributed by atoms with Crippen LogP contribution in [0.25, 0.3) is 11.5 Å². The first-order valence-electron chi connectivity index (χ1n) is 8.35. The van der Waals surface area contributed by atoms with E-state index in [0.29, 0.717) is 6.54 Å². The van der Waals surface area contributed by atoms with Crippen LogP contribution in [0.5, 0.6) is 11.5 Å². The quantitative estimate of drug-likeness (QED) is 0.719. The van der Waals surface area contributed by atoms with Crippen molar-refractivity contribution < 1.29 is 13.9 Å². The Morgan fingerprint density at radius 3 is 2.80 bits per heavy atom. The van der Waals surface area contributed by atoms with Crippen molar-refractivity contribution in [2.45, 2.75) is 25.4 Å². The van der Waals surface area contributed by atoms with Crippen LogP contribution < -0.4 is 14.8 Å². The summed E-state index contributed by atoms with van der Waals surface area (Å²) < 4.78 is 16.7. The Morgan fingerprint density at radius 2 is 2.04 bits per heavy atom. The van der Waals surface area contributed by atoms with Gasteiger partial charge in [0.2, 0.25) is 0 Å². The number of nitrogens with one attached hydrogen (secondary N) is 2. The van der Waals surface area contributed by atoms with Gasteiger partial charge in [0, 0.05) is 12.2 Å². The highest BCUT2D eigenvalue weighted by Crippen LogP contribution is 2.39. The number of aryl methyl sites for hydroxylation is 1. The maximum absolute atomic E-state index is 5.88. The number of aromatic amines is 1. The molecular weight excluding hydrogens is 318 g/mol. The number of rotatable bonds is 6. The molecule has 1 aliphatic rings. The van der Waals surface area contributed by atoms with Gasteiger partial charge < -0.3 is 19.2 Å². The van der Waals surface area contributed by atoms with E-state index in [1.54, 1.807) is 20.4 Å². The molecule has 0 fully saturated rings. The van der Waals surface area contributed by atoms with Crippen LogP contribution in [0.15, 0.2) is 40.9 Å². The smallest absolute Gasteiger partial charge is 0.161 e. The minimum Gasteiger partial charge on any atom is -0.493 e. The molecule has 6 heteroatoms. The van der Waals surface area contributed by atoms with Gasteiger partial charge in [0.1, 0.15) is 11.5 Å². The Morgan fingerprint density at radius 1 is 1.20 bits per heavy atom. The van der Waals surface area contributed by atoms with E-state index in [4.69, 9.17) is 13.9 Å². The largest absolute Gasteiger partial charge is 0.493 e. The van der Waals surface area contributed by atoms with Crippen molar-refractivity contribution in [2.24, 2.45) is 0 Å². The summed E-state index contributed by atoms with van der Waals surface area (Å²) in [4.78, 5) is 0. The Balaban J connectivity index is 1.47. The zero-order valence-electron chi connectivity index (χ0n) is 14.3. The fourth-order valence-electron chi connectivity index (χ4n) is 3.38. The number of benzene rings is 1. The van der Waals surface area contributed by atoms with E-state index in [2.05, 4.69) is 27.6 Å². The van der Waals surface area contributed by atoms with Gasteiger partial charge in [0.05, 0.1) is 20.8 Å². The molecular formula is C19H21N3O3. The van der Waals surface area contributed by atoms with Crippen molar-refractivity contribution in [1.82, 2.24) is 15.5 Å². The molecule has 6 nitrogen and oxygen atoms in total. The maximum Gasteiger partial charge on any atom is 0.161 e. The average molecular weight is 339 g/mol. The molecule has 3 aromatic rings. The second-order valence-electron chi connectivity index (χ2n) is 6.11.